The maximum Gasteiger partial charge on any atom is 0.321 e. The molecule has 0 aromatic carbocycles. The highest BCUT2D eigenvalue weighted by Crippen LogP contribution is 1.85. The number of carbonyl (C=O) groups is 1. The molecule has 0 aliphatic heterocycles. The summed E-state index contributed by atoms with van der Waals surface area (Å²) in [6, 6.07) is -0.927. The number of carboxylic acids is 1. The van der Waals surface area contributed by atoms with E-state index < -0.39 is 12.0 Å². The largest absolute Gasteiger partial charge is 0.480 e. The number of thiocarbonyl (C=S) groups is 1. The van der Waals surface area contributed by atoms with Gasteiger partial charge in [-0.15, -0.1) is 5.92 Å². The van der Waals surface area contributed by atoms with E-state index >= 15 is 0 Å². The highest BCUT2D eigenvalue weighted by atomic mass is 32.1. The summed E-state index contributed by atoms with van der Waals surface area (Å²) in [5.74, 6) is 4.13. The standard InChI is InChI=1S/C7H10N2O2S/c8-5(7(10)11)3-1-2-4-6(9)12/h5H,3-4,8H2,(H2,9,12)(H,10,11)/t5-/m0/s1. The molecule has 66 valence electrons. The first-order valence-corrected chi connectivity index (χ1v) is 3.67. The van der Waals surface area contributed by atoms with E-state index in [0.29, 0.717) is 11.4 Å². The predicted octanol–water partition coefficient (Wildman–Crippen LogP) is -0.532. The highest BCUT2D eigenvalue weighted by Gasteiger charge is 2.07. The minimum absolute atomic E-state index is 0.123. The number of hydrogen-bond acceptors (Lipinski definition) is 3. The van der Waals surface area contributed by atoms with Crippen LogP contribution in [0.25, 0.3) is 0 Å². The third kappa shape index (κ3) is 5.65. The Bertz CT molecular complexity index is 242. The Morgan fingerprint density at radius 3 is 2.58 bits per heavy atom. The Morgan fingerprint density at radius 1 is 1.58 bits per heavy atom. The minimum atomic E-state index is -1.06. The monoisotopic (exact) mass is 186 g/mol. The van der Waals surface area contributed by atoms with Gasteiger partial charge < -0.3 is 16.6 Å². The Hall–Kier alpha value is -1.12. The number of hydrogen-bond donors (Lipinski definition) is 3. The maximum atomic E-state index is 10.2. The normalized spacial score (nSPS) is 11.1. The van der Waals surface area contributed by atoms with Crippen molar-refractivity contribution in [2.75, 3.05) is 0 Å². The molecular formula is C7H10N2O2S. The van der Waals surface area contributed by atoms with Gasteiger partial charge in [0.15, 0.2) is 0 Å². The van der Waals surface area contributed by atoms with E-state index in [1.165, 1.54) is 0 Å². The van der Waals surface area contributed by atoms with Crippen molar-refractivity contribution in [3.8, 4) is 11.8 Å². The summed E-state index contributed by atoms with van der Waals surface area (Å²) in [7, 11) is 0. The third-order valence-corrected chi connectivity index (χ3v) is 1.17. The van der Waals surface area contributed by atoms with Gasteiger partial charge >= 0.3 is 5.97 Å². The molecule has 5 heteroatoms. The van der Waals surface area contributed by atoms with Crippen LogP contribution < -0.4 is 11.5 Å². The van der Waals surface area contributed by atoms with Crippen LogP contribution in [0.3, 0.4) is 0 Å². The molecule has 0 heterocycles. The van der Waals surface area contributed by atoms with Crippen molar-refractivity contribution < 1.29 is 9.90 Å². The fourth-order valence-electron chi connectivity index (χ4n) is 0.419. The molecule has 0 fully saturated rings. The summed E-state index contributed by atoms with van der Waals surface area (Å²) in [5.41, 5.74) is 10.3. The van der Waals surface area contributed by atoms with Crippen LogP contribution in [0.5, 0.6) is 0 Å². The minimum Gasteiger partial charge on any atom is -0.480 e. The molecule has 12 heavy (non-hydrogen) atoms. The molecule has 0 amide bonds. The summed E-state index contributed by atoms with van der Waals surface area (Å²) in [4.78, 5) is 10.5. The fourth-order valence-corrected chi connectivity index (χ4v) is 0.491. The summed E-state index contributed by atoms with van der Waals surface area (Å²) in [5, 5.41) is 8.35. The molecule has 1 atom stereocenters. The van der Waals surface area contributed by atoms with Gasteiger partial charge in [-0.2, -0.15) is 0 Å². The van der Waals surface area contributed by atoms with E-state index in [9.17, 15) is 4.79 Å². The van der Waals surface area contributed by atoms with E-state index in [1.54, 1.807) is 0 Å². The fraction of sp³-hybridized carbons (Fsp3) is 0.429. The molecule has 5 N–H and O–H groups in total. The van der Waals surface area contributed by atoms with Crippen LogP contribution in [-0.4, -0.2) is 22.1 Å². The van der Waals surface area contributed by atoms with Crippen molar-refractivity contribution in [2.24, 2.45) is 11.5 Å². The topological polar surface area (TPSA) is 89.3 Å². The van der Waals surface area contributed by atoms with Crippen LogP contribution in [-0.2, 0) is 4.79 Å². The number of aliphatic carboxylic acids is 1. The number of carboxylic acid groups (broad SMARTS) is 1. The maximum absolute atomic E-state index is 10.2. The van der Waals surface area contributed by atoms with E-state index in [1.807, 2.05) is 0 Å². The highest BCUT2D eigenvalue weighted by molar-refractivity contribution is 7.80. The Balaban J connectivity index is 3.71. The van der Waals surface area contributed by atoms with Gasteiger partial charge in [0.05, 0.1) is 11.4 Å². The van der Waals surface area contributed by atoms with Gasteiger partial charge in [-0.25, -0.2) is 0 Å². The first kappa shape index (κ1) is 10.9. The summed E-state index contributed by atoms with van der Waals surface area (Å²) >= 11 is 4.55. The SMILES string of the molecule is NC(=S)CC#CC[C@H](N)C(=O)O. The Kier molecular flexibility index (Phi) is 5.00. The van der Waals surface area contributed by atoms with E-state index in [4.69, 9.17) is 16.6 Å². The van der Waals surface area contributed by atoms with Gasteiger partial charge in [0.25, 0.3) is 0 Å². The van der Waals surface area contributed by atoms with Crippen LogP contribution >= 0.6 is 12.2 Å². The van der Waals surface area contributed by atoms with Crippen LogP contribution in [0.1, 0.15) is 12.8 Å². The zero-order valence-corrected chi connectivity index (χ0v) is 7.23. The second-order valence-electron chi connectivity index (χ2n) is 2.15. The molecule has 4 nitrogen and oxygen atoms in total. The van der Waals surface area contributed by atoms with Crippen molar-refractivity contribution in [3.63, 3.8) is 0 Å². The van der Waals surface area contributed by atoms with Crippen molar-refractivity contribution in [3.05, 3.63) is 0 Å². The van der Waals surface area contributed by atoms with Crippen LogP contribution in [0.2, 0.25) is 0 Å². The van der Waals surface area contributed by atoms with Crippen LogP contribution in [0.4, 0.5) is 0 Å². The molecule has 0 spiro atoms. The van der Waals surface area contributed by atoms with Gasteiger partial charge in [-0.1, -0.05) is 18.1 Å². The van der Waals surface area contributed by atoms with Crippen molar-refractivity contribution in [2.45, 2.75) is 18.9 Å². The zero-order valence-electron chi connectivity index (χ0n) is 6.41. The van der Waals surface area contributed by atoms with Gasteiger partial charge in [-0.05, 0) is 0 Å². The number of nitrogens with two attached hydrogens (primary N) is 2. The quantitative estimate of drug-likeness (QED) is 0.407. The van der Waals surface area contributed by atoms with Gasteiger partial charge in [0, 0.05) is 6.42 Å². The Morgan fingerprint density at radius 2 is 2.17 bits per heavy atom. The molecule has 0 radical (unpaired) electrons. The molecule has 0 aliphatic rings. The second-order valence-corrected chi connectivity index (χ2v) is 2.67. The number of rotatable bonds is 3. The van der Waals surface area contributed by atoms with Crippen molar-refractivity contribution in [1.29, 1.82) is 0 Å². The molecule has 0 aliphatic carbocycles. The molecule has 0 unspecified atom stereocenters. The summed E-state index contributed by atoms with van der Waals surface area (Å²) < 4.78 is 0. The first-order chi connectivity index (χ1) is 5.54. The zero-order chi connectivity index (χ0) is 9.56. The average Bonchev–Trinajstić information content (AvgIpc) is 1.97. The van der Waals surface area contributed by atoms with Crippen LogP contribution in [0.15, 0.2) is 0 Å². The second kappa shape index (κ2) is 5.52. The lowest BCUT2D eigenvalue weighted by Crippen LogP contribution is -2.29. The van der Waals surface area contributed by atoms with Crippen molar-refractivity contribution in [1.82, 2.24) is 0 Å². The van der Waals surface area contributed by atoms with Crippen LogP contribution in [0, 0.1) is 11.8 Å². The van der Waals surface area contributed by atoms with Crippen molar-refractivity contribution >= 4 is 23.2 Å². The lowest BCUT2D eigenvalue weighted by Gasteiger charge is -1.97. The van der Waals surface area contributed by atoms with E-state index in [2.05, 4.69) is 24.1 Å². The van der Waals surface area contributed by atoms with Gasteiger partial charge in [0.2, 0.25) is 0 Å². The molecule has 0 saturated heterocycles. The van der Waals surface area contributed by atoms with E-state index in [0.717, 1.165) is 0 Å². The van der Waals surface area contributed by atoms with Gasteiger partial charge in [0.1, 0.15) is 6.04 Å². The third-order valence-electron chi connectivity index (χ3n) is 1.03. The molecule has 0 rings (SSSR count). The van der Waals surface area contributed by atoms with Gasteiger partial charge in [-0.3, -0.25) is 4.79 Å². The van der Waals surface area contributed by atoms with E-state index in [-0.39, 0.29) is 6.42 Å². The molecule has 0 bridgehead atoms. The first-order valence-electron chi connectivity index (χ1n) is 3.26. The lowest BCUT2D eigenvalue weighted by atomic mass is 10.2. The smallest absolute Gasteiger partial charge is 0.321 e. The molecular weight excluding hydrogens is 176 g/mol. The Labute approximate surface area is 75.9 Å². The lowest BCUT2D eigenvalue weighted by molar-refractivity contribution is -0.138. The summed E-state index contributed by atoms with van der Waals surface area (Å²) in [6.45, 7) is 0. The molecule has 0 aromatic rings. The average molecular weight is 186 g/mol. The molecule has 0 aromatic heterocycles. The predicted molar refractivity (Wildman–Crippen MR) is 49.4 cm³/mol. The summed E-state index contributed by atoms with van der Waals surface area (Å²) in [6.07, 6.45) is 0.430. The molecule has 0 saturated carbocycles.